The van der Waals surface area contributed by atoms with Crippen molar-refractivity contribution in [2.24, 2.45) is 5.16 Å². The highest BCUT2D eigenvalue weighted by atomic mass is 16.4. The molecular formula is C13H19NO. The van der Waals surface area contributed by atoms with Gasteiger partial charge in [0.25, 0.3) is 0 Å². The predicted molar refractivity (Wildman–Crippen MR) is 63.8 cm³/mol. The Hall–Kier alpha value is -1.31. The minimum absolute atomic E-state index is 0.168. The topological polar surface area (TPSA) is 32.6 Å². The van der Waals surface area contributed by atoms with Crippen LogP contribution < -0.4 is 0 Å². The maximum absolute atomic E-state index is 8.80. The first-order valence-corrected chi connectivity index (χ1v) is 5.31. The zero-order valence-corrected chi connectivity index (χ0v) is 9.91. The van der Waals surface area contributed by atoms with Crippen molar-refractivity contribution in [3.05, 3.63) is 35.4 Å². The zero-order chi connectivity index (χ0) is 11.5. The van der Waals surface area contributed by atoms with E-state index in [0.717, 1.165) is 17.7 Å². The summed E-state index contributed by atoms with van der Waals surface area (Å²) in [6, 6.07) is 8.21. The molecule has 0 aliphatic rings. The second kappa shape index (κ2) is 4.47. The highest BCUT2D eigenvalue weighted by molar-refractivity contribution is 5.99. The van der Waals surface area contributed by atoms with E-state index in [1.54, 1.807) is 0 Å². The Labute approximate surface area is 91.6 Å². The first kappa shape index (κ1) is 11.8. The third kappa shape index (κ3) is 2.82. The number of nitrogens with zero attached hydrogens (tertiary/aromatic N) is 1. The lowest BCUT2D eigenvalue weighted by molar-refractivity contribution is 0.318. The van der Waals surface area contributed by atoms with Gasteiger partial charge in [-0.25, -0.2) is 0 Å². The molecule has 0 heterocycles. The van der Waals surface area contributed by atoms with Gasteiger partial charge in [0, 0.05) is 0 Å². The molecule has 1 N–H and O–H groups in total. The lowest BCUT2D eigenvalue weighted by atomic mass is 9.86. The molecule has 15 heavy (non-hydrogen) atoms. The standard InChI is InChI=1S/C13H19NO/c1-5-12(14-15)10-6-8-11(9-7-10)13(2,3)4/h6-9,15H,5H2,1-4H3/b14-12+. The molecule has 82 valence electrons. The van der Waals surface area contributed by atoms with Crippen LogP contribution in [0, 0.1) is 0 Å². The Morgan fingerprint density at radius 1 is 1.20 bits per heavy atom. The average Bonchev–Trinajstić information content (AvgIpc) is 2.19. The molecule has 1 rings (SSSR count). The normalized spacial score (nSPS) is 12.9. The van der Waals surface area contributed by atoms with Gasteiger partial charge < -0.3 is 5.21 Å². The van der Waals surface area contributed by atoms with Gasteiger partial charge >= 0.3 is 0 Å². The molecule has 0 amide bonds. The van der Waals surface area contributed by atoms with Gasteiger partial charge in [0.2, 0.25) is 0 Å². The molecule has 0 bridgehead atoms. The van der Waals surface area contributed by atoms with Crippen LogP contribution in [-0.2, 0) is 5.41 Å². The Kier molecular flexibility index (Phi) is 3.51. The number of hydrogen-bond donors (Lipinski definition) is 1. The lowest BCUT2D eigenvalue weighted by Crippen LogP contribution is -2.11. The van der Waals surface area contributed by atoms with Gasteiger partial charge in [0.05, 0.1) is 5.71 Å². The highest BCUT2D eigenvalue weighted by Gasteiger charge is 2.13. The van der Waals surface area contributed by atoms with Gasteiger partial charge in [0.15, 0.2) is 0 Å². The summed E-state index contributed by atoms with van der Waals surface area (Å²) >= 11 is 0. The van der Waals surface area contributed by atoms with Gasteiger partial charge in [-0.15, -0.1) is 0 Å². The van der Waals surface area contributed by atoms with E-state index in [1.807, 2.05) is 19.1 Å². The van der Waals surface area contributed by atoms with Crippen molar-refractivity contribution in [3.63, 3.8) is 0 Å². The van der Waals surface area contributed by atoms with Gasteiger partial charge in [-0.2, -0.15) is 0 Å². The lowest BCUT2D eigenvalue weighted by Gasteiger charge is -2.19. The Morgan fingerprint density at radius 2 is 1.73 bits per heavy atom. The molecule has 0 radical (unpaired) electrons. The fourth-order valence-electron chi connectivity index (χ4n) is 1.50. The molecule has 2 nitrogen and oxygen atoms in total. The van der Waals surface area contributed by atoms with E-state index in [4.69, 9.17) is 5.21 Å². The van der Waals surface area contributed by atoms with Crippen LogP contribution in [0.3, 0.4) is 0 Å². The minimum atomic E-state index is 0.168. The smallest absolute Gasteiger partial charge is 0.0865 e. The van der Waals surface area contributed by atoms with E-state index in [9.17, 15) is 0 Å². The molecule has 2 heteroatoms. The Balaban J connectivity index is 3.00. The van der Waals surface area contributed by atoms with Gasteiger partial charge in [-0.05, 0) is 23.0 Å². The largest absolute Gasteiger partial charge is 0.411 e. The maximum atomic E-state index is 8.80. The van der Waals surface area contributed by atoms with Crippen LogP contribution in [0.2, 0.25) is 0 Å². The van der Waals surface area contributed by atoms with E-state index in [1.165, 1.54) is 5.56 Å². The molecule has 0 aliphatic carbocycles. The molecule has 0 saturated heterocycles. The van der Waals surface area contributed by atoms with E-state index in [2.05, 4.69) is 38.1 Å². The molecule has 0 fully saturated rings. The molecule has 0 aromatic heterocycles. The van der Waals surface area contributed by atoms with E-state index < -0.39 is 0 Å². The van der Waals surface area contributed by atoms with Crippen LogP contribution in [0.4, 0.5) is 0 Å². The third-order valence-corrected chi connectivity index (χ3v) is 2.54. The molecular weight excluding hydrogens is 186 g/mol. The maximum Gasteiger partial charge on any atom is 0.0865 e. The summed E-state index contributed by atoms with van der Waals surface area (Å²) in [6.45, 7) is 8.53. The third-order valence-electron chi connectivity index (χ3n) is 2.54. The van der Waals surface area contributed by atoms with E-state index in [-0.39, 0.29) is 5.41 Å². The fourth-order valence-corrected chi connectivity index (χ4v) is 1.50. The summed E-state index contributed by atoms with van der Waals surface area (Å²) in [5.74, 6) is 0. The monoisotopic (exact) mass is 205 g/mol. The molecule has 1 aromatic carbocycles. The van der Waals surface area contributed by atoms with Crippen LogP contribution in [0.25, 0.3) is 0 Å². The molecule has 0 aliphatic heterocycles. The summed E-state index contributed by atoms with van der Waals surface area (Å²) < 4.78 is 0. The average molecular weight is 205 g/mol. The van der Waals surface area contributed by atoms with Crippen LogP contribution in [0.5, 0.6) is 0 Å². The first-order chi connectivity index (χ1) is 6.99. The van der Waals surface area contributed by atoms with Crippen molar-refractivity contribution in [2.45, 2.75) is 39.5 Å². The van der Waals surface area contributed by atoms with Crippen molar-refractivity contribution < 1.29 is 5.21 Å². The van der Waals surface area contributed by atoms with Crippen LogP contribution >= 0.6 is 0 Å². The van der Waals surface area contributed by atoms with Crippen LogP contribution in [-0.4, -0.2) is 10.9 Å². The number of rotatable bonds is 2. The van der Waals surface area contributed by atoms with Gasteiger partial charge in [0.1, 0.15) is 0 Å². The number of benzene rings is 1. The van der Waals surface area contributed by atoms with Gasteiger partial charge in [-0.3, -0.25) is 0 Å². The molecule has 0 atom stereocenters. The molecule has 0 saturated carbocycles. The van der Waals surface area contributed by atoms with Crippen molar-refractivity contribution in [3.8, 4) is 0 Å². The van der Waals surface area contributed by atoms with Crippen molar-refractivity contribution in [1.82, 2.24) is 0 Å². The summed E-state index contributed by atoms with van der Waals surface area (Å²) in [5, 5.41) is 12.1. The quantitative estimate of drug-likeness (QED) is 0.447. The number of oxime groups is 1. The zero-order valence-electron chi connectivity index (χ0n) is 9.91. The highest BCUT2D eigenvalue weighted by Crippen LogP contribution is 2.22. The summed E-state index contributed by atoms with van der Waals surface area (Å²) in [7, 11) is 0. The van der Waals surface area contributed by atoms with Crippen LogP contribution in [0.15, 0.2) is 29.4 Å². The molecule has 0 spiro atoms. The minimum Gasteiger partial charge on any atom is -0.411 e. The fraction of sp³-hybridized carbons (Fsp3) is 0.462. The first-order valence-electron chi connectivity index (χ1n) is 5.31. The van der Waals surface area contributed by atoms with E-state index in [0.29, 0.717) is 0 Å². The second-order valence-electron chi connectivity index (χ2n) is 4.73. The Morgan fingerprint density at radius 3 is 2.07 bits per heavy atom. The summed E-state index contributed by atoms with van der Waals surface area (Å²) in [4.78, 5) is 0. The molecule has 1 aromatic rings. The SMILES string of the molecule is CC/C(=N\O)c1ccc(C(C)(C)C)cc1. The van der Waals surface area contributed by atoms with E-state index >= 15 is 0 Å². The molecule has 0 unspecified atom stereocenters. The Bertz CT molecular complexity index is 344. The van der Waals surface area contributed by atoms with Crippen molar-refractivity contribution in [2.75, 3.05) is 0 Å². The van der Waals surface area contributed by atoms with Crippen molar-refractivity contribution >= 4 is 5.71 Å². The second-order valence-corrected chi connectivity index (χ2v) is 4.73. The van der Waals surface area contributed by atoms with Crippen LogP contribution in [0.1, 0.15) is 45.2 Å². The predicted octanol–water partition coefficient (Wildman–Crippen LogP) is 3.57. The number of hydrogen-bond acceptors (Lipinski definition) is 2. The van der Waals surface area contributed by atoms with Gasteiger partial charge in [-0.1, -0.05) is 57.1 Å². The van der Waals surface area contributed by atoms with Crippen molar-refractivity contribution in [1.29, 1.82) is 0 Å². The summed E-state index contributed by atoms with van der Waals surface area (Å²) in [5.41, 5.74) is 3.18. The summed E-state index contributed by atoms with van der Waals surface area (Å²) in [6.07, 6.45) is 0.741.